The Labute approximate surface area is 315 Å². The van der Waals surface area contributed by atoms with Gasteiger partial charge in [-0.2, -0.15) is 0 Å². The Morgan fingerprint density at radius 1 is 0.907 bits per heavy atom. The molecule has 0 spiro atoms. The second kappa shape index (κ2) is 17.7. The van der Waals surface area contributed by atoms with Crippen LogP contribution >= 0.6 is 0 Å². The quantitative estimate of drug-likeness (QED) is 0.192. The zero-order chi connectivity index (χ0) is 39.7. The molecule has 4 aliphatic rings. The number of anilines is 1. The van der Waals surface area contributed by atoms with Gasteiger partial charge >= 0.3 is 5.97 Å². The summed E-state index contributed by atoms with van der Waals surface area (Å²) in [4.78, 5) is 65.0. The number of hydrogen-bond donors (Lipinski definition) is 8. The van der Waals surface area contributed by atoms with Gasteiger partial charge in [-0.25, -0.2) is 4.79 Å². The van der Waals surface area contributed by atoms with Gasteiger partial charge in [0.2, 0.25) is 11.6 Å². The van der Waals surface area contributed by atoms with Gasteiger partial charge in [-0.15, -0.1) is 0 Å². The molecular weight excluding hydrogens is 694 g/mol. The van der Waals surface area contributed by atoms with Crippen molar-refractivity contribution in [3.8, 4) is 5.75 Å². The second-order valence-electron chi connectivity index (χ2n) is 15.6. The molecular formula is C40H51N5O9. The van der Waals surface area contributed by atoms with E-state index in [1.165, 1.54) is 18.2 Å². The first kappa shape index (κ1) is 41.4. The molecule has 0 fully saturated rings. The van der Waals surface area contributed by atoms with Gasteiger partial charge in [0.25, 0.3) is 17.7 Å². The zero-order valence-corrected chi connectivity index (χ0v) is 31.3. The molecule has 0 radical (unpaired) electrons. The molecule has 0 saturated carbocycles. The van der Waals surface area contributed by atoms with E-state index in [-0.39, 0.29) is 56.0 Å². The van der Waals surface area contributed by atoms with E-state index < -0.39 is 52.5 Å². The number of aliphatic hydroxyl groups excluding tert-OH is 1. The number of ether oxygens (including phenoxy) is 1. The molecule has 0 aromatic heterocycles. The molecule has 3 atom stereocenters. The lowest BCUT2D eigenvalue weighted by Gasteiger charge is -2.33. The Morgan fingerprint density at radius 2 is 1.59 bits per heavy atom. The van der Waals surface area contributed by atoms with Gasteiger partial charge < -0.3 is 41.3 Å². The summed E-state index contributed by atoms with van der Waals surface area (Å²) in [6.07, 6.45) is -0.985. The molecule has 4 amide bonds. The van der Waals surface area contributed by atoms with Gasteiger partial charge in [-0.3, -0.25) is 24.5 Å². The molecule has 0 saturated heterocycles. The van der Waals surface area contributed by atoms with Crippen molar-refractivity contribution in [3.05, 3.63) is 95.1 Å². The SMILES string of the molecule is CC(C)(C)C[C@@]1(O)NC(=O)c2cccc(c2)CNC(=O)c2ccc(cc2)OCCNC(O)CC(C)(C)CC(=O)N[C@H](C(=O)O)Cc2ccc(cc2)NC1=O. The number of carboxylic acids is 1. The number of aliphatic carboxylic acids is 1. The standard InChI is InChI=1S/C40H51N5O9/c1-38(2,3)24-40(53)37(52)43-29-13-9-25(10-14-29)20-31(36(50)51)44-33(47)22-39(4,5)21-32(46)41-17-18-54-30-15-11-27(12-16-30)34(48)42-23-26-7-6-8-28(19-26)35(49)45-40/h6-16,19,31-32,41,46,53H,17-18,20-24H2,1-5H3,(H,42,48)(H,43,52)(H,44,47)(H,45,49)(H,50,51)/t31-,32?,40-/m0/s1. The van der Waals surface area contributed by atoms with Crippen LogP contribution in [0.1, 0.15) is 85.7 Å². The summed E-state index contributed by atoms with van der Waals surface area (Å²) in [5, 5.41) is 45.6. The van der Waals surface area contributed by atoms with E-state index in [2.05, 4.69) is 26.6 Å². The fourth-order valence-electron chi connectivity index (χ4n) is 6.15. The van der Waals surface area contributed by atoms with Crippen molar-refractivity contribution in [2.75, 3.05) is 18.5 Å². The lowest BCUT2D eigenvalue weighted by molar-refractivity contribution is -0.142. The van der Waals surface area contributed by atoms with Crippen LogP contribution in [-0.4, -0.2) is 76.1 Å². The molecule has 4 aliphatic heterocycles. The van der Waals surface area contributed by atoms with Crippen LogP contribution in [0.15, 0.2) is 72.8 Å². The average molecular weight is 746 g/mol. The summed E-state index contributed by atoms with van der Waals surface area (Å²) in [6.45, 7) is 9.63. The minimum Gasteiger partial charge on any atom is -0.492 e. The first-order valence-electron chi connectivity index (χ1n) is 17.8. The Hall–Kier alpha value is -5.31. The van der Waals surface area contributed by atoms with Crippen molar-refractivity contribution < 1.29 is 44.0 Å². The zero-order valence-electron chi connectivity index (χ0n) is 31.3. The number of carbonyl (C=O) groups excluding carboxylic acids is 4. The summed E-state index contributed by atoms with van der Waals surface area (Å²) in [6, 6.07) is 18.0. The maximum atomic E-state index is 13.6. The third kappa shape index (κ3) is 12.7. The number of carbonyl (C=O) groups is 5. The van der Waals surface area contributed by atoms with E-state index in [1.54, 1.807) is 68.4 Å². The number of nitrogens with one attached hydrogen (secondary N) is 5. The maximum absolute atomic E-state index is 13.6. The van der Waals surface area contributed by atoms with Crippen LogP contribution in [0.2, 0.25) is 0 Å². The van der Waals surface area contributed by atoms with Gasteiger partial charge in [0.15, 0.2) is 0 Å². The largest absolute Gasteiger partial charge is 0.492 e. The number of aliphatic hydroxyl groups is 2. The molecule has 14 nitrogen and oxygen atoms in total. The number of benzene rings is 3. The van der Waals surface area contributed by atoms with Crippen molar-refractivity contribution >= 4 is 35.3 Å². The average Bonchev–Trinajstić information content (AvgIpc) is 3.08. The molecule has 8 N–H and O–H groups in total. The first-order chi connectivity index (χ1) is 25.3. The highest BCUT2D eigenvalue weighted by molar-refractivity contribution is 6.03. The number of carboxylic acid groups (broad SMARTS) is 1. The maximum Gasteiger partial charge on any atom is 0.326 e. The molecule has 7 rings (SSSR count). The van der Waals surface area contributed by atoms with Crippen LogP contribution < -0.4 is 31.3 Å². The van der Waals surface area contributed by atoms with Gasteiger partial charge in [0, 0.05) is 49.2 Å². The Balaban J connectivity index is 1.58. The number of amides is 4. The molecule has 14 heteroatoms. The number of hydrogen-bond acceptors (Lipinski definition) is 9. The summed E-state index contributed by atoms with van der Waals surface area (Å²) in [7, 11) is 0. The van der Waals surface area contributed by atoms with Gasteiger partial charge in [0.05, 0.1) is 0 Å². The molecule has 4 heterocycles. The van der Waals surface area contributed by atoms with Crippen molar-refractivity contribution in [2.24, 2.45) is 10.8 Å². The highest BCUT2D eigenvalue weighted by Gasteiger charge is 2.41. The molecule has 1 unspecified atom stereocenters. The highest BCUT2D eigenvalue weighted by atomic mass is 16.5. The molecule has 3 aromatic carbocycles. The van der Waals surface area contributed by atoms with Gasteiger partial charge in [-0.05, 0) is 76.9 Å². The lowest BCUT2D eigenvalue weighted by atomic mass is 9.84. The van der Waals surface area contributed by atoms with Crippen LogP contribution in [0.3, 0.4) is 0 Å². The van der Waals surface area contributed by atoms with Crippen LogP contribution in [-0.2, 0) is 27.3 Å². The summed E-state index contributed by atoms with van der Waals surface area (Å²) in [5.41, 5.74) is -1.62. The normalized spacial score (nSPS) is 22.4. The highest BCUT2D eigenvalue weighted by Crippen LogP contribution is 2.28. The fourth-order valence-corrected chi connectivity index (χ4v) is 6.15. The second-order valence-corrected chi connectivity index (χ2v) is 15.6. The lowest BCUT2D eigenvalue weighted by Crippen LogP contribution is -2.58. The van der Waals surface area contributed by atoms with E-state index in [4.69, 9.17) is 4.74 Å². The van der Waals surface area contributed by atoms with Gasteiger partial charge in [0.1, 0.15) is 24.6 Å². The monoisotopic (exact) mass is 745 g/mol. The van der Waals surface area contributed by atoms with Crippen LogP contribution in [0.4, 0.5) is 5.69 Å². The topological polar surface area (TPSA) is 215 Å². The van der Waals surface area contributed by atoms with Gasteiger partial charge in [-0.1, -0.05) is 58.9 Å². The third-order valence-corrected chi connectivity index (χ3v) is 8.66. The Morgan fingerprint density at radius 3 is 2.24 bits per heavy atom. The molecule has 3 aromatic rings. The van der Waals surface area contributed by atoms with Crippen molar-refractivity contribution in [3.63, 3.8) is 0 Å². The summed E-state index contributed by atoms with van der Waals surface area (Å²) < 4.78 is 5.74. The van der Waals surface area contributed by atoms with E-state index in [0.717, 1.165) is 0 Å². The summed E-state index contributed by atoms with van der Waals surface area (Å²) in [5.74, 6) is -3.15. The summed E-state index contributed by atoms with van der Waals surface area (Å²) >= 11 is 0. The molecule has 0 aliphatic carbocycles. The molecule has 54 heavy (non-hydrogen) atoms. The van der Waals surface area contributed by atoms with Crippen LogP contribution in [0.25, 0.3) is 0 Å². The Bertz CT molecular complexity index is 1810. The van der Waals surface area contributed by atoms with Crippen LogP contribution in [0, 0.1) is 10.8 Å². The first-order valence-corrected chi connectivity index (χ1v) is 17.8. The van der Waals surface area contributed by atoms with Crippen molar-refractivity contribution in [1.29, 1.82) is 0 Å². The smallest absolute Gasteiger partial charge is 0.326 e. The van der Waals surface area contributed by atoms with Crippen LogP contribution in [0.5, 0.6) is 5.75 Å². The van der Waals surface area contributed by atoms with E-state index in [9.17, 15) is 39.3 Å². The third-order valence-electron chi connectivity index (χ3n) is 8.66. The predicted octanol–water partition coefficient (Wildman–Crippen LogP) is 3.33. The van der Waals surface area contributed by atoms with E-state index in [1.807, 2.05) is 20.8 Å². The minimum absolute atomic E-state index is 0.0455. The van der Waals surface area contributed by atoms with Crippen molar-refractivity contribution in [1.82, 2.24) is 21.3 Å². The number of rotatable bonds is 2. The fraction of sp³-hybridized carbons (Fsp3) is 0.425. The predicted molar refractivity (Wildman–Crippen MR) is 201 cm³/mol. The molecule has 6 bridgehead atoms. The van der Waals surface area contributed by atoms with E-state index >= 15 is 0 Å². The molecule has 290 valence electrons. The minimum atomic E-state index is -2.33. The van der Waals surface area contributed by atoms with E-state index in [0.29, 0.717) is 29.0 Å². The Kier molecular flexibility index (Phi) is 13.6. The van der Waals surface area contributed by atoms with Crippen molar-refractivity contribution in [2.45, 2.75) is 84.8 Å².